The maximum atomic E-state index is 11.7. The Labute approximate surface area is 164 Å². The molecule has 3 aromatic rings. The highest BCUT2D eigenvalue weighted by molar-refractivity contribution is 5.93. The van der Waals surface area contributed by atoms with Crippen LogP contribution >= 0.6 is 0 Å². The molecule has 5 rings (SSSR count). The molecule has 0 radical (unpaired) electrons. The number of aromatic amines is 1. The minimum Gasteiger partial charge on any atom is -0.384 e. The molecule has 1 saturated carbocycles. The fourth-order valence-electron chi connectivity index (χ4n) is 5.36. The van der Waals surface area contributed by atoms with Gasteiger partial charge in [0.1, 0.15) is 0 Å². The van der Waals surface area contributed by atoms with Gasteiger partial charge in [0.25, 0.3) is 0 Å². The summed E-state index contributed by atoms with van der Waals surface area (Å²) in [6.45, 7) is 2.59. The van der Waals surface area contributed by atoms with Crippen molar-refractivity contribution in [1.29, 1.82) is 0 Å². The maximum Gasteiger partial charge on any atom is 0.248 e. The van der Waals surface area contributed by atoms with Gasteiger partial charge in [0.2, 0.25) is 5.91 Å². The van der Waals surface area contributed by atoms with Crippen LogP contribution in [-0.2, 0) is 12.1 Å². The Morgan fingerprint density at radius 2 is 1.89 bits per heavy atom. The highest BCUT2D eigenvalue weighted by Crippen LogP contribution is 2.51. The first kappa shape index (κ1) is 17.5. The molecule has 2 heterocycles. The molecule has 1 saturated heterocycles. The zero-order valence-electron chi connectivity index (χ0n) is 15.8. The summed E-state index contributed by atoms with van der Waals surface area (Å²) >= 11 is 0. The number of para-hydroxylation sites is 1. The van der Waals surface area contributed by atoms with Crippen molar-refractivity contribution < 1.29 is 9.90 Å². The maximum absolute atomic E-state index is 11.7. The van der Waals surface area contributed by atoms with E-state index in [0.717, 1.165) is 43.6 Å². The lowest BCUT2D eigenvalue weighted by molar-refractivity contribution is -0.0914. The predicted octanol–water partition coefficient (Wildman–Crippen LogP) is 3.00. The Balaban J connectivity index is 1.40. The van der Waals surface area contributed by atoms with Crippen LogP contribution in [0.5, 0.6) is 0 Å². The van der Waals surface area contributed by atoms with Crippen molar-refractivity contribution in [1.82, 2.24) is 9.88 Å². The fourth-order valence-corrected chi connectivity index (χ4v) is 5.36. The van der Waals surface area contributed by atoms with Gasteiger partial charge in [-0.05, 0) is 42.2 Å². The Kier molecular flexibility index (Phi) is 4.03. The number of nitrogens with zero attached hydrogens (tertiary/aromatic N) is 1. The van der Waals surface area contributed by atoms with Gasteiger partial charge in [-0.25, -0.2) is 0 Å². The number of carbonyl (C=O) groups is 1. The van der Waals surface area contributed by atoms with Crippen LogP contribution in [0.25, 0.3) is 10.9 Å². The van der Waals surface area contributed by atoms with Crippen LogP contribution in [0.1, 0.15) is 34.3 Å². The lowest BCUT2D eigenvalue weighted by Gasteiger charge is -2.45. The van der Waals surface area contributed by atoms with Crippen molar-refractivity contribution in [3.05, 3.63) is 71.4 Å². The van der Waals surface area contributed by atoms with Crippen LogP contribution < -0.4 is 5.73 Å². The molecule has 5 heteroatoms. The first-order chi connectivity index (χ1) is 13.6. The molecule has 1 amide bonds. The van der Waals surface area contributed by atoms with Crippen LogP contribution in [0.4, 0.5) is 0 Å². The highest BCUT2D eigenvalue weighted by Gasteiger charge is 2.53. The number of amides is 1. The third-order valence-electron chi connectivity index (χ3n) is 6.74. The molecule has 1 aliphatic carbocycles. The van der Waals surface area contributed by atoms with Crippen LogP contribution in [0.15, 0.2) is 54.7 Å². The number of hydrogen-bond donors (Lipinski definition) is 3. The van der Waals surface area contributed by atoms with Crippen molar-refractivity contribution in [3.8, 4) is 0 Å². The molecule has 4 N–H and O–H groups in total. The first-order valence-corrected chi connectivity index (χ1v) is 9.96. The Morgan fingerprint density at radius 1 is 1.14 bits per heavy atom. The van der Waals surface area contributed by atoms with Gasteiger partial charge in [0.15, 0.2) is 0 Å². The number of aliphatic hydroxyl groups is 1. The number of benzene rings is 2. The number of primary amides is 1. The van der Waals surface area contributed by atoms with E-state index in [-0.39, 0.29) is 11.8 Å². The molecule has 28 heavy (non-hydrogen) atoms. The van der Waals surface area contributed by atoms with E-state index in [0.29, 0.717) is 5.56 Å². The molecule has 2 atom stereocenters. The van der Waals surface area contributed by atoms with E-state index in [2.05, 4.69) is 34.3 Å². The topological polar surface area (TPSA) is 82.3 Å². The van der Waals surface area contributed by atoms with Gasteiger partial charge in [0, 0.05) is 54.1 Å². The lowest BCUT2D eigenvalue weighted by atomic mass is 9.75. The molecule has 2 bridgehead atoms. The minimum atomic E-state index is -0.873. The Bertz CT molecular complexity index is 1030. The summed E-state index contributed by atoms with van der Waals surface area (Å²) in [4.78, 5) is 17.4. The molecule has 2 aromatic carbocycles. The summed E-state index contributed by atoms with van der Waals surface area (Å²) in [6, 6.07) is 15.6. The zero-order chi connectivity index (χ0) is 19.3. The standard InChI is InChI=1S/C23H25N3O2/c24-22(27)15-4-3-5-17(10-15)23(28)18-8-9-19(23)14-26(13-18)12-16-11-25-21-7-2-1-6-20(16)21/h1-7,10-11,18-19,25,28H,8-9,12-14H2,(H2,24,27). The highest BCUT2D eigenvalue weighted by atomic mass is 16.3. The molecule has 5 nitrogen and oxygen atoms in total. The van der Waals surface area contributed by atoms with Gasteiger partial charge in [-0.2, -0.15) is 0 Å². The second kappa shape index (κ2) is 6.47. The first-order valence-electron chi connectivity index (χ1n) is 9.96. The van der Waals surface area contributed by atoms with Crippen LogP contribution in [0.3, 0.4) is 0 Å². The third-order valence-corrected chi connectivity index (χ3v) is 6.74. The number of nitrogens with one attached hydrogen (secondary N) is 1. The summed E-state index contributed by atoms with van der Waals surface area (Å²) in [5.41, 5.74) is 8.35. The van der Waals surface area contributed by atoms with Gasteiger partial charge in [-0.1, -0.05) is 30.3 Å². The average Bonchev–Trinajstić information content (AvgIpc) is 3.16. The number of carbonyl (C=O) groups excluding carboxylic acids is 1. The van der Waals surface area contributed by atoms with Crippen molar-refractivity contribution in [2.75, 3.05) is 13.1 Å². The van der Waals surface area contributed by atoms with E-state index < -0.39 is 11.5 Å². The number of aromatic nitrogens is 1. The molecule has 1 aromatic heterocycles. The summed E-state index contributed by atoms with van der Waals surface area (Å²) in [6.07, 6.45) is 4.11. The van der Waals surface area contributed by atoms with E-state index in [4.69, 9.17) is 5.73 Å². The number of piperidine rings is 1. The number of nitrogens with two attached hydrogens (primary N) is 1. The normalized spacial score (nSPS) is 27.3. The van der Waals surface area contributed by atoms with Gasteiger partial charge in [-0.15, -0.1) is 0 Å². The Hall–Kier alpha value is -2.63. The van der Waals surface area contributed by atoms with Crippen molar-refractivity contribution >= 4 is 16.8 Å². The second-order valence-electron chi connectivity index (χ2n) is 8.30. The van der Waals surface area contributed by atoms with Crippen molar-refractivity contribution in [3.63, 3.8) is 0 Å². The average molecular weight is 375 g/mol. The lowest BCUT2D eigenvalue weighted by Crippen LogP contribution is -2.51. The molecule has 0 spiro atoms. The van der Waals surface area contributed by atoms with E-state index in [1.165, 1.54) is 10.9 Å². The van der Waals surface area contributed by atoms with Gasteiger partial charge in [-0.3, -0.25) is 9.69 Å². The van der Waals surface area contributed by atoms with Gasteiger partial charge >= 0.3 is 0 Å². The molecule has 2 aliphatic rings. The third kappa shape index (κ3) is 2.65. The Morgan fingerprint density at radius 3 is 2.64 bits per heavy atom. The molecule has 144 valence electrons. The second-order valence-corrected chi connectivity index (χ2v) is 8.30. The van der Waals surface area contributed by atoms with Crippen LogP contribution in [-0.4, -0.2) is 34.0 Å². The van der Waals surface area contributed by atoms with E-state index in [9.17, 15) is 9.90 Å². The van der Waals surface area contributed by atoms with Crippen LogP contribution in [0.2, 0.25) is 0 Å². The quantitative estimate of drug-likeness (QED) is 0.656. The molecular weight excluding hydrogens is 350 g/mol. The van der Waals surface area contributed by atoms with E-state index in [1.54, 1.807) is 12.1 Å². The van der Waals surface area contributed by atoms with E-state index >= 15 is 0 Å². The summed E-state index contributed by atoms with van der Waals surface area (Å²) in [5, 5.41) is 12.9. The monoisotopic (exact) mass is 375 g/mol. The number of fused-ring (bicyclic) bond motifs is 3. The fraction of sp³-hybridized carbons (Fsp3) is 0.348. The molecule has 1 aliphatic heterocycles. The zero-order valence-corrected chi connectivity index (χ0v) is 15.8. The smallest absolute Gasteiger partial charge is 0.248 e. The summed E-state index contributed by atoms with van der Waals surface area (Å²) in [7, 11) is 0. The molecular formula is C23H25N3O2. The summed E-state index contributed by atoms with van der Waals surface area (Å²) in [5.74, 6) is -0.117. The van der Waals surface area contributed by atoms with Gasteiger partial charge in [0.05, 0.1) is 5.60 Å². The number of H-pyrrole nitrogens is 1. The molecule has 2 fully saturated rings. The number of hydrogen-bond acceptors (Lipinski definition) is 3. The van der Waals surface area contributed by atoms with E-state index in [1.807, 2.05) is 18.2 Å². The van der Waals surface area contributed by atoms with Crippen LogP contribution in [0, 0.1) is 11.8 Å². The number of likely N-dealkylation sites (tertiary alicyclic amines) is 1. The van der Waals surface area contributed by atoms with Crippen molar-refractivity contribution in [2.24, 2.45) is 17.6 Å². The minimum absolute atomic E-state index is 0.166. The predicted molar refractivity (Wildman–Crippen MR) is 109 cm³/mol. The number of rotatable bonds is 4. The molecule has 2 unspecified atom stereocenters. The summed E-state index contributed by atoms with van der Waals surface area (Å²) < 4.78 is 0. The largest absolute Gasteiger partial charge is 0.384 e. The van der Waals surface area contributed by atoms with Gasteiger partial charge < -0.3 is 15.8 Å². The SMILES string of the molecule is NC(=O)c1cccc(C2(O)C3CCC2CN(Cc2c[nH]c4ccccc24)C3)c1. The van der Waals surface area contributed by atoms with Crippen molar-refractivity contribution in [2.45, 2.75) is 25.0 Å².